The number of alkyl halides is 3. The number of hydrogen-bond acceptors (Lipinski definition) is 9. The zero-order chi connectivity index (χ0) is 32.1. The summed E-state index contributed by atoms with van der Waals surface area (Å²) >= 11 is 0. The lowest BCUT2D eigenvalue weighted by Crippen LogP contribution is -2.54. The SMILES string of the molecule is COc1ccc(CCC(=O)O[C@@H](C)C(=O)[C@H]2C[C@@H]2[C@H](OC(=O)[C@@](OC)(c2ccccc2)C(F)(F)F)[C@H]2CC=CC(=O)O2)cc1. The van der Waals surface area contributed by atoms with Gasteiger partial charge in [0.15, 0.2) is 11.9 Å². The van der Waals surface area contributed by atoms with Crippen LogP contribution in [0.1, 0.15) is 37.3 Å². The molecule has 0 amide bonds. The maximum atomic E-state index is 14.5. The van der Waals surface area contributed by atoms with Crippen LogP contribution in [0.4, 0.5) is 13.2 Å². The molecule has 9 nitrogen and oxygen atoms in total. The molecular formula is C32H33F3O9. The third-order valence-corrected chi connectivity index (χ3v) is 7.79. The molecule has 0 radical (unpaired) electrons. The predicted molar refractivity (Wildman–Crippen MR) is 148 cm³/mol. The lowest BCUT2D eigenvalue weighted by atomic mass is 9.92. The van der Waals surface area contributed by atoms with Crippen LogP contribution >= 0.6 is 0 Å². The number of benzene rings is 2. The Hall–Kier alpha value is -4.19. The van der Waals surface area contributed by atoms with Gasteiger partial charge in [0.1, 0.15) is 18.0 Å². The maximum Gasteiger partial charge on any atom is 0.432 e. The van der Waals surface area contributed by atoms with Crippen molar-refractivity contribution in [1.29, 1.82) is 0 Å². The highest BCUT2D eigenvalue weighted by molar-refractivity contribution is 5.90. The molecule has 1 fully saturated rings. The van der Waals surface area contributed by atoms with Crippen molar-refractivity contribution < 1.29 is 56.0 Å². The molecule has 12 heteroatoms. The number of halogens is 3. The van der Waals surface area contributed by atoms with Gasteiger partial charge in [0.2, 0.25) is 0 Å². The number of methoxy groups -OCH3 is 2. The van der Waals surface area contributed by atoms with Gasteiger partial charge in [-0.1, -0.05) is 48.5 Å². The van der Waals surface area contributed by atoms with E-state index in [2.05, 4.69) is 0 Å². The Kier molecular flexibility index (Phi) is 10.1. The van der Waals surface area contributed by atoms with E-state index in [0.717, 1.165) is 30.9 Å². The second kappa shape index (κ2) is 13.6. The fourth-order valence-electron chi connectivity index (χ4n) is 5.33. The van der Waals surface area contributed by atoms with Crippen molar-refractivity contribution in [1.82, 2.24) is 0 Å². The number of hydrogen-bond donors (Lipinski definition) is 0. The zero-order valence-electron chi connectivity index (χ0n) is 24.4. The summed E-state index contributed by atoms with van der Waals surface area (Å²) in [6.07, 6.45) is -5.75. The number of rotatable bonds is 13. The monoisotopic (exact) mass is 618 g/mol. The summed E-state index contributed by atoms with van der Waals surface area (Å²) in [6.45, 7) is 1.41. The van der Waals surface area contributed by atoms with Gasteiger partial charge < -0.3 is 23.7 Å². The number of Topliss-reactive ketones (excluding diaryl/α,β-unsaturated/α-hetero) is 1. The lowest BCUT2D eigenvalue weighted by molar-refractivity contribution is -0.280. The minimum atomic E-state index is -5.22. The summed E-state index contributed by atoms with van der Waals surface area (Å²) in [5.41, 5.74) is -3.11. The van der Waals surface area contributed by atoms with Gasteiger partial charge in [-0.3, -0.25) is 9.59 Å². The summed E-state index contributed by atoms with van der Waals surface area (Å²) in [6, 6.07) is 13.4. The average molecular weight is 619 g/mol. The minimum absolute atomic E-state index is 0.0126. The molecule has 1 heterocycles. The number of ketones is 1. The highest BCUT2D eigenvalue weighted by atomic mass is 19.4. The summed E-state index contributed by atoms with van der Waals surface area (Å²) in [4.78, 5) is 51.1. The van der Waals surface area contributed by atoms with E-state index >= 15 is 0 Å². The van der Waals surface area contributed by atoms with Crippen molar-refractivity contribution in [3.63, 3.8) is 0 Å². The first kappa shape index (κ1) is 32.7. The minimum Gasteiger partial charge on any atom is -0.497 e. The van der Waals surface area contributed by atoms with Gasteiger partial charge in [0.25, 0.3) is 5.60 Å². The molecule has 0 bridgehead atoms. The van der Waals surface area contributed by atoms with Gasteiger partial charge in [0, 0.05) is 43.4 Å². The van der Waals surface area contributed by atoms with Crippen LogP contribution < -0.4 is 4.74 Å². The average Bonchev–Trinajstić information content (AvgIpc) is 3.79. The standard InChI is InChI=1S/C32H33F3O9/c1-19(42-27(37)17-14-20-12-15-22(40-2)16-13-20)28(38)23-18-24(23)29(25-10-7-11-26(36)43-25)44-30(39)31(41-3,32(33,34)35)21-8-5-4-6-9-21/h4-9,11-13,15-16,19,23-25,29H,10,14,17-18H2,1-3H3/t19-,23-,24-,25+,29-,31-/m0/s1. The largest absolute Gasteiger partial charge is 0.497 e. The fraction of sp³-hybridized carbons (Fsp3) is 0.438. The van der Waals surface area contributed by atoms with Gasteiger partial charge in [-0.15, -0.1) is 0 Å². The first-order chi connectivity index (χ1) is 20.9. The lowest BCUT2D eigenvalue weighted by Gasteiger charge is -2.35. The maximum absolute atomic E-state index is 14.5. The molecule has 1 aliphatic carbocycles. The molecule has 2 aromatic rings. The number of carbonyl (C=O) groups is 4. The molecule has 1 saturated carbocycles. The molecule has 0 aromatic heterocycles. The first-order valence-electron chi connectivity index (χ1n) is 14.0. The van der Waals surface area contributed by atoms with E-state index in [-0.39, 0.29) is 19.3 Å². The van der Waals surface area contributed by atoms with Crippen LogP contribution in [0.5, 0.6) is 5.75 Å². The molecule has 1 aliphatic heterocycles. The van der Waals surface area contributed by atoms with Crippen LogP contribution in [0.3, 0.4) is 0 Å². The predicted octanol–water partition coefficient (Wildman–Crippen LogP) is 4.65. The van der Waals surface area contributed by atoms with E-state index in [1.807, 2.05) is 0 Å². The number of ether oxygens (including phenoxy) is 5. The highest BCUT2D eigenvalue weighted by Crippen LogP contribution is 2.49. The number of cyclic esters (lactones) is 1. The van der Waals surface area contributed by atoms with Gasteiger partial charge in [-0.2, -0.15) is 13.2 Å². The van der Waals surface area contributed by atoms with E-state index < -0.39 is 71.2 Å². The molecule has 2 aliphatic rings. The van der Waals surface area contributed by atoms with Crippen LogP contribution in [-0.2, 0) is 50.1 Å². The van der Waals surface area contributed by atoms with Crippen molar-refractivity contribution in [3.05, 3.63) is 77.9 Å². The Morgan fingerprint density at radius 3 is 2.27 bits per heavy atom. The molecule has 0 unspecified atom stereocenters. The van der Waals surface area contributed by atoms with E-state index in [0.29, 0.717) is 12.2 Å². The molecule has 44 heavy (non-hydrogen) atoms. The molecule has 236 valence electrons. The summed E-state index contributed by atoms with van der Waals surface area (Å²) in [5.74, 6) is -4.53. The fourth-order valence-corrected chi connectivity index (χ4v) is 5.33. The number of aryl methyl sites for hydroxylation is 1. The molecule has 2 aromatic carbocycles. The smallest absolute Gasteiger partial charge is 0.432 e. The summed E-state index contributed by atoms with van der Waals surface area (Å²) < 4.78 is 69.5. The highest BCUT2D eigenvalue weighted by Gasteiger charge is 2.65. The molecule has 6 atom stereocenters. The first-order valence-corrected chi connectivity index (χ1v) is 14.0. The van der Waals surface area contributed by atoms with Crippen LogP contribution in [0.25, 0.3) is 0 Å². The van der Waals surface area contributed by atoms with Crippen LogP contribution in [0.2, 0.25) is 0 Å². The van der Waals surface area contributed by atoms with Crippen LogP contribution in [0, 0.1) is 11.8 Å². The molecule has 4 rings (SSSR count). The van der Waals surface area contributed by atoms with Crippen molar-refractivity contribution in [2.45, 2.75) is 62.7 Å². The quantitative estimate of drug-likeness (QED) is 0.234. The van der Waals surface area contributed by atoms with Gasteiger partial charge >= 0.3 is 24.1 Å². The van der Waals surface area contributed by atoms with Gasteiger partial charge in [-0.25, -0.2) is 9.59 Å². The van der Waals surface area contributed by atoms with Crippen molar-refractivity contribution >= 4 is 23.7 Å². The van der Waals surface area contributed by atoms with Crippen molar-refractivity contribution in [2.24, 2.45) is 11.8 Å². The van der Waals surface area contributed by atoms with Crippen LogP contribution in [-0.4, -0.2) is 62.4 Å². The second-order valence-electron chi connectivity index (χ2n) is 10.6. The van der Waals surface area contributed by atoms with Gasteiger partial charge in [0.05, 0.1) is 7.11 Å². The van der Waals surface area contributed by atoms with Gasteiger partial charge in [-0.05, 0) is 37.5 Å². The topological polar surface area (TPSA) is 114 Å². The van der Waals surface area contributed by atoms with Crippen molar-refractivity contribution in [3.8, 4) is 5.75 Å². The van der Waals surface area contributed by atoms with E-state index in [1.54, 1.807) is 31.4 Å². The molecule has 0 spiro atoms. The van der Waals surface area contributed by atoms with E-state index in [1.165, 1.54) is 31.2 Å². The summed E-state index contributed by atoms with van der Waals surface area (Å²) in [5, 5.41) is 0. The summed E-state index contributed by atoms with van der Waals surface area (Å²) in [7, 11) is 2.29. The second-order valence-corrected chi connectivity index (χ2v) is 10.6. The Bertz CT molecular complexity index is 1370. The molecule has 0 N–H and O–H groups in total. The van der Waals surface area contributed by atoms with E-state index in [4.69, 9.17) is 23.7 Å². The molecular weight excluding hydrogens is 585 g/mol. The number of carbonyl (C=O) groups excluding carboxylic acids is 4. The normalized spacial score (nSPS) is 22.1. The third kappa shape index (κ3) is 7.12. The Balaban J connectivity index is 1.46. The molecule has 0 saturated heterocycles. The number of esters is 3. The Labute approximate surface area is 252 Å². The Morgan fingerprint density at radius 2 is 1.68 bits per heavy atom. The van der Waals surface area contributed by atoms with Crippen molar-refractivity contribution in [2.75, 3.05) is 14.2 Å². The van der Waals surface area contributed by atoms with Crippen LogP contribution in [0.15, 0.2) is 66.7 Å². The third-order valence-electron chi connectivity index (χ3n) is 7.79. The Morgan fingerprint density at radius 1 is 1.00 bits per heavy atom. The zero-order valence-corrected chi connectivity index (χ0v) is 24.4. The van der Waals surface area contributed by atoms with E-state index in [9.17, 15) is 32.3 Å².